The summed E-state index contributed by atoms with van der Waals surface area (Å²) < 4.78 is 13.6. The second-order valence-electron chi connectivity index (χ2n) is 4.15. The zero-order valence-electron chi connectivity index (χ0n) is 13.8. The fourth-order valence-electron chi connectivity index (χ4n) is 0.770. The third-order valence-corrected chi connectivity index (χ3v) is 1.93. The van der Waals surface area contributed by atoms with Gasteiger partial charge in [0.15, 0.2) is 11.9 Å². The van der Waals surface area contributed by atoms with Gasteiger partial charge in [0.1, 0.15) is 12.4 Å². The second-order valence-corrected chi connectivity index (χ2v) is 4.15. The fourth-order valence-corrected chi connectivity index (χ4v) is 0.770. The molecule has 0 rings (SSSR count). The molecule has 0 heterocycles. The number of aliphatic carboxylic acids is 1. The number of rotatable bonds is 8. The molecule has 0 bridgehead atoms. The van der Waals surface area contributed by atoms with Gasteiger partial charge < -0.3 is 24.1 Å². The molecule has 0 aromatic heterocycles. The molecule has 0 aliphatic rings. The zero-order valence-corrected chi connectivity index (χ0v) is 13.8. The second kappa shape index (κ2) is 18.7. The van der Waals surface area contributed by atoms with Crippen molar-refractivity contribution in [1.82, 2.24) is 0 Å². The molecule has 0 aromatic carbocycles. The molecule has 0 aliphatic heterocycles. The van der Waals surface area contributed by atoms with Gasteiger partial charge in [-0.05, 0) is 27.2 Å². The number of carboxylic acid groups (broad SMARTS) is 1. The molecule has 7 nitrogen and oxygen atoms in total. The van der Waals surface area contributed by atoms with Crippen molar-refractivity contribution in [2.24, 2.45) is 0 Å². The van der Waals surface area contributed by atoms with Crippen molar-refractivity contribution in [3.63, 3.8) is 0 Å². The van der Waals surface area contributed by atoms with Crippen molar-refractivity contribution in [1.29, 1.82) is 0 Å². The van der Waals surface area contributed by atoms with E-state index < -0.39 is 12.1 Å². The lowest BCUT2D eigenvalue weighted by molar-refractivity contribution is -0.147. The summed E-state index contributed by atoms with van der Waals surface area (Å²) in [7, 11) is 4.50. The van der Waals surface area contributed by atoms with Crippen LogP contribution in [0.1, 0.15) is 33.6 Å². The SMILES string of the molecule is COC(C)C(=O)O.COCC(C)=O.COCCCC(C)=O. The van der Waals surface area contributed by atoms with Crippen LogP contribution in [-0.2, 0) is 28.6 Å². The quantitative estimate of drug-likeness (QED) is 0.675. The van der Waals surface area contributed by atoms with Crippen LogP contribution in [0.25, 0.3) is 0 Å². The Morgan fingerprint density at radius 1 is 1.00 bits per heavy atom. The van der Waals surface area contributed by atoms with Gasteiger partial charge in [-0.25, -0.2) is 4.79 Å². The largest absolute Gasteiger partial charge is 0.479 e. The number of Topliss-reactive ketones (excluding diaryl/α,β-unsaturated/α-hetero) is 2. The van der Waals surface area contributed by atoms with Crippen LogP contribution in [0.15, 0.2) is 0 Å². The standard InChI is InChI=1S/C6H12O2.C4H8O3.C4H8O2/c1-6(7)4-3-5-8-2;1-3(7-2)4(5)6;1-4(5)3-6-2/h3-5H2,1-2H3;3H,1-2H3,(H,5,6);3H2,1-2H3. The molecule has 21 heavy (non-hydrogen) atoms. The first-order chi connectivity index (χ1) is 9.72. The lowest BCUT2D eigenvalue weighted by Crippen LogP contribution is -2.17. The monoisotopic (exact) mass is 308 g/mol. The Hall–Kier alpha value is -1.31. The number of ketones is 2. The maximum Gasteiger partial charge on any atom is 0.332 e. The molecule has 0 fully saturated rings. The third-order valence-electron chi connectivity index (χ3n) is 1.93. The van der Waals surface area contributed by atoms with E-state index in [1.54, 1.807) is 14.0 Å². The summed E-state index contributed by atoms with van der Waals surface area (Å²) in [4.78, 5) is 30.0. The van der Waals surface area contributed by atoms with Crippen LogP contribution in [0.2, 0.25) is 0 Å². The van der Waals surface area contributed by atoms with E-state index in [-0.39, 0.29) is 18.2 Å². The number of hydrogen-bond donors (Lipinski definition) is 1. The Bertz CT molecular complexity index is 276. The Kier molecular flexibility index (Phi) is 22.0. The summed E-state index contributed by atoms with van der Waals surface area (Å²) in [5.41, 5.74) is 0. The van der Waals surface area contributed by atoms with Crippen LogP contribution in [-0.4, -0.2) is 63.3 Å². The molecule has 0 aromatic rings. The smallest absolute Gasteiger partial charge is 0.332 e. The number of ether oxygens (including phenoxy) is 3. The Morgan fingerprint density at radius 3 is 1.67 bits per heavy atom. The van der Waals surface area contributed by atoms with Gasteiger partial charge in [-0.1, -0.05) is 0 Å². The minimum atomic E-state index is -0.928. The van der Waals surface area contributed by atoms with Crippen molar-refractivity contribution < 1.29 is 33.7 Å². The predicted octanol–water partition coefficient (Wildman–Crippen LogP) is 1.33. The first-order valence-electron chi connectivity index (χ1n) is 6.45. The molecule has 0 spiro atoms. The van der Waals surface area contributed by atoms with Crippen LogP contribution in [0, 0.1) is 0 Å². The van der Waals surface area contributed by atoms with E-state index in [2.05, 4.69) is 9.47 Å². The van der Waals surface area contributed by atoms with Crippen molar-refractivity contribution in [3.8, 4) is 0 Å². The van der Waals surface area contributed by atoms with Gasteiger partial charge in [0, 0.05) is 34.4 Å². The molecule has 0 amide bonds. The Labute approximate surface area is 126 Å². The highest BCUT2D eigenvalue weighted by atomic mass is 16.5. The topological polar surface area (TPSA) is 99.1 Å². The van der Waals surface area contributed by atoms with Crippen molar-refractivity contribution in [2.45, 2.75) is 39.7 Å². The predicted molar refractivity (Wildman–Crippen MR) is 78.5 cm³/mol. The normalized spacial score (nSPS) is 10.4. The fraction of sp³-hybridized carbons (Fsp3) is 0.786. The van der Waals surface area contributed by atoms with E-state index in [0.717, 1.165) is 6.42 Å². The van der Waals surface area contributed by atoms with Gasteiger partial charge in [-0.3, -0.25) is 4.79 Å². The average molecular weight is 308 g/mol. The number of carbonyl (C=O) groups excluding carboxylic acids is 2. The highest BCUT2D eigenvalue weighted by Crippen LogP contribution is 1.88. The molecule has 0 aliphatic carbocycles. The van der Waals surface area contributed by atoms with Gasteiger partial charge in [-0.2, -0.15) is 0 Å². The minimum Gasteiger partial charge on any atom is -0.479 e. The van der Waals surface area contributed by atoms with Crippen LogP contribution in [0.5, 0.6) is 0 Å². The van der Waals surface area contributed by atoms with Crippen LogP contribution in [0.3, 0.4) is 0 Å². The van der Waals surface area contributed by atoms with Gasteiger partial charge in [-0.15, -0.1) is 0 Å². The van der Waals surface area contributed by atoms with Gasteiger partial charge in [0.05, 0.1) is 0 Å². The van der Waals surface area contributed by atoms with Crippen molar-refractivity contribution >= 4 is 17.5 Å². The molecule has 126 valence electrons. The van der Waals surface area contributed by atoms with Crippen LogP contribution in [0.4, 0.5) is 0 Å². The number of carboxylic acids is 1. The molecular weight excluding hydrogens is 280 g/mol. The van der Waals surface area contributed by atoms with Gasteiger partial charge >= 0.3 is 5.97 Å². The summed E-state index contributed by atoms with van der Waals surface area (Å²) in [5, 5.41) is 8.06. The highest BCUT2D eigenvalue weighted by molar-refractivity contribution is 5.76. The Morgan fingerprint density at radius 2 is 1.52 bits per heavy atom. The molecule has 0 radical (unpaired) electrons. The van der Waals surface area contributed by atoms with Crippen LogP contribution >= 0.6 is 0 Å². The van der Waals surface area contributed by atoms with E-state index in [1.807, 2.05) is 0 Å². The number of carbonyl (C=O) groups is 3. The lowest BCUT2D eigenvalue weighted by atomic mass is 10.2. The van der Waals surface area contributed by atoms with E-state index in [0.29, 0.717) is 13.0 Å². The number of hydrogen-bond acceptors (Lipinski definition) is 6. The molecular formula is C14H28O7. The molecule has 1 N–H and O–H groups in total. The zero-order chi connectivity index (χ0) is 17.3. The summed E-state index contributed by atoms with van der Waals surface area (Å²) in [6.07, 6.45) is 0.819. The molecule has 0 saturated carbocycles. The molecule has 0 saturated heterocycles. The van der Waals surface area contributed by atoms with Gasteiger partial charge in [0.25, 0.3) is 0 Å². The van der Waals surface area contributed by atoms with Crippen LogP contribution < -0.4 is 0 Å². The summed E-state index contributed by atoms with van der Waals surface area (Å²) in [5.74, 6) is -0.623. The first kappa shape index (κ1) is 24.7. The number of methoxy groups -OCH3 is 3. The Balaban J connectivity index is -0.000000234. The van der Waals surface area contributed by atoms with Crippen molar-refractivity contribution in [3.05, 3.63) is 0 Å². The van der Waals surface area contributed by atoms with E-state index >= 15 is 0 Å². The highest BCUT2D eigenvalue weighted by Gasteiger charge is 2.06. The maximum atomic E-state index is 10.3. The van der Waals surface area contributed by atoms with Gasteiger partial charge in [0.2, 0.25) is 0 Å². The summed E-state index contributed by atoms with van der Waals surface area (Å²) in [6.45, 7) is 5.49. The first-order valence-corrected chi connectivity index (χ1v) is 6.45. The molecule has 1 unspecified atom stereocenters. The summed E-state index contributed by atoms with van der Waals surface area (Å²) >= 11 is 0. The van der Waals surface area contributed by atoms with E-state index in [9.17, 15) is 14.4 Å². The minimum absolute atomic E-state index is 0.0671. The van der Waals surface area contributed by atoms with E-state index in [4.69, 9.17) is 9.84 Å². The summed E-state index contributed by atoms with van der Waals surface area (Å²) in [6, 6.07) is 0. The molecule has 1 atom stereocenters. The average Bonchev–Trinajstić information content (AvgIpc) is 2.39. The van der Waals surface area contributed by atoms with Crippen molar-refractivity contribution in [2.75, 3.05) is 34.5 Å². The third kappa shape index (κ3) is 32.3. The maximum absolute atomic E-state index is 10.3. The molecule has 7 heteroatoms. The lowest BCUT2D eigenvalue weighted by Gasteiger charge is -1.98. The van der Waals surface area contributed by atoms with E-state index in [1.165, 1.54) is 28.1 Å².